The van der Waals surface area contributed by atoms with Gasteiger partial charge in [-0.1, -0.05) is 31.2 Å². The highest BCUT2D eigenvalue weighted by Crippen LogP contribution is 2.24. The summed E-state index contributed by atoms with van der Waals surface area (Å²) in [7, 11) is 2.83. The Hall–Kier alpha value is -0.835. The maximum Gasteiger partial charge on any atom is 0.276 e. The second-order valence-electron chi connectivity index (χ2n) is 7.58. The summed E-state index contributed by atoms with van der Waals surface area (Å²) in [6.45, 7) is 11.8. The van der Waals surface area contributed by atoms with Gasteiger partial charge in [0, 0.05) is 6.54 Å². The lowest BCUT2D eigenvalue weighted by atomic mass is 9.84. The second-order valence-corrected chi connectivity index (χ2v) is 7.58. The van der Waals surface area contributed by atoms with Crippen LogP contribution in [0.2, 0.25) is 6.32 Å². The van der Waals surface area contributed by atoms with E-state index < -0.39 is 11.2 Å². The molecule has 0 unspecified atom stereocenters. The van der Waals surface area contributed by atoms with Crippen molar-refractivity contribution in [2.24, 2.45) is 0 Å². The van der Waals surface area contributed by atoms with Crippen molar-refractivity contribution >= 4 is 7.48 Å². The fourth-order valence-electron chi connectivity index (χ4n) is 2.36. The number of aliphatic hydroxyl groups is 1. The molecule has 0 aliphatic heterocycles. The van der Waals surface area contributed by atoms with Crippen LogP contribution < -0.4 is 0 Å². The van der Waals surface area contributed by atoms with Crippen LogP contribution in [0.3, 0.4) is 0 Å². The summed E-state index contributed by atoms with van der Waals surface area (Å²) in [4.78, 5) is 2.35. The van der Waals surface area contributed by atoms with Gasteiger partial charge in [-0.2, -0.15) is 0 Å². The van der Waals surface area contributed by atoms with Crippen molar-refractivity contribution in [2.75, 3.05) is 13.6 Å². The largest absolute Gasteiger partial charge is 0.432 e. The van der Waals surface area contributed by atoms with E-state index in [0.29, 0.717) is 7.48 Å². The predicted molar refractivity (Wildman–Crippen MR) is 100 cm³/mol. The zero-order chi connectivity index (χ0) is 17.5. The zero-order valence-corrected chi connectivity index (χ0v) is 15.9. The molecular formula is C19H34BNO2. The maximum atomic E-state index is 10.1. The molecule has 1 aromatic carbocycles. The summed E-state index contributed by atoms with van der Waals surface area (Å²) in [6, 6.07) is 8.89. The number of aryl methyl sites for hydroxylation is 1. The Morgan fingerprint density at radius 3 is 2.17 bits per heavy atom. The normalized spacial score (nSPS) is 12.7. The van der Waals surface area contributed by atoms with Gasteiger partial charge >= 0.3 is 0 Å². The van der Waals surface area contributed by atoms with E-state index in [0.717, 1.165) is 25.8 Å². The molecule has 4 heteroatoms. The van der Waals surface area contributed by atoms with Crippen molar-refractivity contribution in [1.29, 1.82) is 0 Å². The van der Waals surface area contributed by atoms with E-state index in [1.54, 1.807) is 13.8 Å². The van der Waals surface area contributed by atoms with Gasteiger partial charge in [-0.3, -0.25) is 0 Å². The first-order valence-electron chi connectivity index (χ1n) is 8.78. The predicted octanol–water partition coefficient (Wildman–Crippen LogP) is 3.41. The Bertz CT molecular complexity index is 451. The monoisotopic (exact) mass is 319 g/mol. The molecule has 3 nitrogen and oxygen atoms in total. The molecule has 1 aromatic rings. The SMILES string of the molecule is CCCN(C)Cc1ccc(CCBOC(C)(C)C(C)(C)O)cc1. The molecule has 23 heavy (non-hydrogen) atoms. The summed E-state index contributed by atoms with van der Waals surface area (Å²) in [6.07, 6.45) is 3.16. The molecule has 0 amide bonds. The van der Waals surface area contributed by atoms with Gasteiger partial charge in [-0.05, 0) is 71.6 Å². The van der Waals surface area contributed by atoms with E-state index in [9.17, 15) is 5.11 Å². The first kappa shape index (κ1) is 20.2. The van der Waals surface area contributed by atoms with E-state index in [2.05, 4.69) is 43.1 Å². The van der Waals surface area contributed by atoms with Gasteiger partial charge in [0.05, 0.1) is 11.2 Å². The summed E-state index contributed by atoms with van der Waals surface area (Å²) < 4.78 is 5.86. The van der Waals surface area contributed by atoms with Gasteiger partial charge < -0.3 is 14.7 Å². The third-order valence-corrected chi connectivity index (χ3v) is 4.63. The van der Waals surface area contributed by atoms with Gasteiger partial charge in [-0.25, -0.2) is 0 Å². The molecule has 0 bridgehead atoms. The van der Waals surface area contributed by atoms with Crippen LogP contribution in [-0.4, -0.2) is 42.3 Å². The highest BCUT2D eigenvalue weighted by Gasteiger charge is 2.35. The van der Waals surface area contributed by atoms with Crippen LogP contribution in [-0.2, 0) is 17.6 Å². The van der Waals surface area contributed by atoms with Crippen LogP contribution >= 0.6 is 0 Å². The number of nitrogens with zero attached hydrogens (tertiary/aromatic N) is 1. The van der Waals surface area contributed by atoms with Gasteiger partial charge in [-0.15, -0.1) is 0 Å². The van der Waals surface area contributed by atoms with Crippen LogP contribution in [0, 0.1) is 0 Å². The number of hydrogen-bond donors (Lipinski definition) is 1. The Labute approximate surface area is 143 Å². The van der Waals surface area contributed by atoms with Crippen molar-refractivity contribution in [2.45, 2.75) is 71.5 Å². The molecule has 0 saturated heterocycles. The second kappa shape index (κ2) is 8.86. The van der Waals surface area contributed by atoms with Crippen molar-refractivity contribution in [1.82, 2.24) is 4.90 Å². The molecular weight excluding hydrogens is 285 g/mol. The average molecular weight is 319 g/mol. The minimum Gasteiger partial charge on any atom is -0.432 e. The first-order chi connectivity index (χ1) is 10.7. The van der Waals surface area contributed by atoms with Crippen LogP contribution in [0.25, 0.3) is 0 Å². The molecule has 0 atom stereocenters. The van der Waals surface area contributed by atoms with Crippen LogP contribution in [0.1, 0.15) is 52.2 Å². The standard InChI is InChI=1S/C19H34BNO2/c1-7-14-21(6)15-17-10-8-16(9-11-17)12-13-20-23-19(4,5)18(2,3)22/h8-11,20,22H,7,12-15H2,1-6H3. The molecule has 0 aliphatic carbocycles. The fraction of sp³-hybridized carbons (Fsp3) is 0.684. The summed E-state index contributed by atoms with van der Waals surface area (Å²) in [5, 5.41) is 10.1. The molecule has 0 fully saturated rings. The molecule has 130 valence electrons. The van der Waals surface area contributed by atoms with Crippen molar-refractivity contribution < 1.29 is 9.76 Å². The van der Waals surface area contributed by atoms with Crippen molar-refractivity contribution in [3.05, 3.63) is 35.4 Å². The lowest BCUT2D eigenvalue weighted by molar-refractivity contribution is -0.0903. The number of benzene rings is 1. The summed E-state index contributed by atoms with van der Waals surface area (Å²) in [5.41, 5.74) is 1.35. The lowest BCUT2D eigenvalue weighted by Gasteiger charge is -2.37. The highest BCUT2D eigenvalue weighted by molar-refractivity contribution is 6.27. The van der Waals surface area contributed by atoms with Crippen molar-refractivity contribution in [3.63, 3.8) is 0 Å². The summed E-state index contributed by atoms with van der Waals surface area (Å²) in [5.74, 6) is 0. The van der Waals surface area contributed by atoms with Crippen LogP contribution in [0.5, 0.6) is 0 Å². The number of rotatable bonds is 10. The van der Waals surface area contributed by atoms with Crippen molar-refractivity contribution in [3.8, 4) is 0 Å². The number of hydrogen-bond acceptors (Lipinski definition) is 3. The van der Waals surface area contributed by atoms with E-state index in [-0.39, 0.29) is 0 Å². The molecule has 0 aliphatic rings. The molecule has 0 heterocycles. The Kier molecular flexibility index (Phi) is 7.79. The molecule has 0 aromatic heterocycles. The van der Waals surface area contributed by atoms with Crippen LogP contribution in [0.15, 0.2) is 24.3 Å². The van der Waals surface area contributed by atoms with Gasteiger partial charge in [0.1, 0.15) is 0 Å². The lowest BCUT2D eigenvalue weighted by Crippen LogP contribution is -2.48. The molecule has 1 N–H and O–H groups in total. The quantitative estimate of drug-likeness (QED) is 0.530. The van der Waals surface area contributed by atoms with Gasteiger partial charge in [0.2, 0.25) is 0 Å². The molecule has 0 radical (unpaired) electrons. The minimum absolute atomic E-state index is 0.527. The fourth-order valence-corrected chi connectivity index (χ4v) is 2.36. The topological polar surface area (TPSA) is 32.7 Å². The highest BCUT2D eigenvalue weighted by atomic mass is 16.5. The van der Waals surface area contributed by atoms with E-state index >= 15 is 0 Å². The van der Waals surface area contributed by atoms with Gasteiger partial charge in [0.15, 0.2) is 0 Å². The third kappa shape index (κ3) is 7.07. The van der Waals surface area contributed by atoms with E-state index in [1.165, 1.54) is 17.5 Å². The summed E-state index contributed by atoms with van der Waals surface area (Å²) >= 11 is 0. The minimum atomic E-state index is -0.834. The first-order valence-corrected chi connectivity index (χ1v) is 8.78. The Morgan fingerprint density at radius 1 is 1.09 bits per heavy atom. The maximum absolute atomic E-state index is 10.1. The van der Waals surface area contributed by atoms with Crippen LogP contribution in [0.4, 0.5) is 0 Å². The zero-order valence-electron chi connectivity index (χ0n) is 15.9. The molecule has 1 rings (SSSR count). The van der Waals surface area contributed by atoms with E-state index in [1.807, 2.05) is 13.8 Å². The third-order valence-electron chi connectivity index (χ3n) is 4.63. The van der Waals surface area contributed by atoms with Gasteiger partial charge in [0.25, 0.3) is 7.48 Å². The molecule has 0 spiro atoms. The Morgan fingerprint density at radius 2 is 1.65 bits per heavy atom. The Balaban J connectivity index is 2.36. The smallest absolute Gasteiger partial charge is 0.276 e. The van der Waals surface area contributed by atoms with E-state index in [4.69, 9.17) is 4.65 Å². The molecule has 0 saturated carbocycles. The average Bonchev–Trinajstić information content (AvgIpc) is 2.44.